The lowest BCUT2D eigenvalue weighted by atomic mass is 9.97. The van der Waals surface area contributed by atoms with E-state index < -0.39 is 0 Å². The summed E-state index contributed by atoms with van der Waals surface area (Å²) in [7, 11) is 1.76. The van der Waals surface area contributed by atoms with Crippen molar-refractivity contribution in [3.05, 3.63) is 0 Å². The zero-order chi connectivity index (χ0) is 14.4. The molecule has 0 aliphatic rings. The van der Waals surface area contributed by atoms with Gasteiger partial charge in [0.1, 0.15) is 5.78 Å². The molecule has 1 atom stereocenters. The van der Waals surface area contributed by atoms with E-state index in [1.165, 1.54) is 0 Å². The Morgan fingerprint density at radius 2 is 1.47 bits per heavy atom. The van der Waals surface area contributed by atoms with Crippen LogP contribution in [-0.2, 0) is 9.59 Å². The minimum Gasteiger partial charge on any atom is -0.311 e. The molecule has 0 fully saturated rings. The Hall–Kier alpha value is -0.700. The normalized spacial score (nSPS) is 10.6. The summed E-state index contributed by atoms with van der Waals surface area (Å²) in [5, 5.41) is 2.94. The number of ketones is 2. The maximum Gasteiger partial charge on any atom is 0.152 e. The molecule has 0 amide bonds. The number of hydrogen-bond donors (Lipinski definition) is 1. The first-order valence-electron chi connectivity index (χ1n) is 6.69. The highest BCUT2D eigenvalue weighted by molar-refractivity contribution is 5.86. The van der Waals surface area contributed by atoms with Crippen molar-refractivity contribution in [1.82, 2.24) is 5.32 Å². The Kier molecular flexibility index (Phi) is 19.4. The summed E-state index contributed by atoms with van der Waals surface area (Å²) in [5.74, 6) is 0.352. The second kappa shape index (κ2) is 15.3. The fourth-order valence-corrected chi connectivity index (χ4v) is 1.18. The van der Waals surface area contributed by atoms with Crippen molar-refractivity contribution in [3.8, 4) is 0 Å². The van der Waals surface area contributed by atoms with E-state index >= 15 is 0 Å². The van der Waals surface area contributed by atoms with E-state index in [1.807, 2.05) is 41.5 Å². The van der Waals surface area contributed by atoms with Gasteiger partial charge in [-0.15, -0.1) is 0 Å². The van der Waals surface area contributed by atoms with Gasteiger partial charge in [0.25, 0.3) is 0 Å². The van der Waals surface area contributed by atoms with Crippen LogP contribution in [0.5, 0.6) is 0 Å². The van der Waals surface area contributed by atoms with Gasteiger partial charge in [-0.1, -0.05) is 41.5 Å². The molecule has 3 heteroatoms. The second-order valence-electron chi connectivity index (χ2n) is 3.64. The van der Waals surface area contributed by atoms with Gasteiger partial charge in [0.2, 0.25) is 0 Å². The fraction of sp³-hybridized carbons (Fsp3) is 0.857. The van der Waals surface area contributed by atoms with Crippen LogP contribution in [0.25, 0.3) is 0 Å². The van der Waals surface area contributed by atoms with E-state index in [-0.39, 0.29) is 23.5 Å². The number of hydrogen-bond acceptors (Lipinski definition) is 3. The topological polar surface area (TPSA) is 46.2 Å². The van der Waals surface area contributed by atoms with Crippen molar-refractivity contribution >= 4 is 11.6 Å². The van der Waals surface area contributed by atoms with Crippen LogP contribution in [0, 0.1) is 5.92 Å². The molecule has 1 unspecified atom stereocenters. The van der Waals surface area contributed by atoms with Crippen LogP contribution >= 0.6 is 0 Å². The highest BCUT2D eigenvalue weighted by Gasteiger charge is 2.19. The van der Waals surface area contributed by atoms with Crippen LogP contribution in [0.15, 0.2) is 0 Å². The molecule has 0 saturated heterocycles. The molecule has 0 aromatic rings. The zero-order valence-electron chi connectivity index (χ0n) is 12.9. The quantitative estimate of drug-likeness (QED) is 0.781. The maximum absolute atomic E-state index is 11.5. The maximum atomic E-state index is 11.5. The Labute approximate surface area is 107 Å². The van der Waals surface area contributed by atoms with Gasteiger partial charge in [0.15, 0.2) is 5.78 Å². The first-order valence-corrected chi connectivity index (χ1v) is 6.69. The van der Waals surface area contributed by atoms with E-state index in [0.29, 0.717) is 12.8 Å². The largest absolute Gasteiger partial charge is 0.311 e. The molecular formula is C14H31NO2. The van der Waals surface area contributed by atoms with E-state index in [9.17, 15) is 9.59 Å². The van der Waals surface area contributed by atoms with Crippen LogP contribution in [0.3, 0.4) is 0 Å². The van der Waals surface area contributed by atoms with Gasteiger partial charge in [-0.3, -0.25) is 4.79 Å². The Bertz CT molecular complexity index is 189. The van der Waals surface area contributed by atoms with E-state index in [0.717, 1.165) is 0 Å². The average molecular weight is 245 g/mol. The van der Waals surface area contributed by atoms with Gasteiger partial charge < -0.3 is 10.1 Å². The first kappa shape index (κ1) is 21.6. The molecule has 0 saturated carbocycles. The molecule has 0 rings (SSSR count). The molecule has 0 aliphatic heterocycles. The summed E-state index contributed by atoms with van der Waals surface area (Å²) in [6, 6.07) is -0.163. The monoisotopic (exact) mass is 245 g/mol. The van der Waals surface area contributed by atoms with Crippen LogP contribution < -0.4 is 5.32 Å². The fourth-order valence-electron chi connectivity index (χ4n) is 1.18. The van der Waals surface area contributed by atoms with Crippen molar-refractivity contribution in [3.63, 3.8) is 0 Å². The number of likely N-dealkylation sites (N-methyl/N-ethyl adjacent to an activating group) is 1. The minimum absolute atomic E-state index is 0.0319. The van der Waals surface area contributed by atoms with Crippen molar-refractivity contribution in [2.45, 2.75) is 67.3 Å². The predicted octanol–water partition coefficient (Wildman–Crippen LogP) is 3.22. The highest BCUT2D eigenvalue weighted by atomic mass is 16.1. The Morgan fingerprint density at radius 1 is 1.06 bits per heavy atom. The van der Waals surface area contributed by atoms with Crippen molar-refractivity contribution in [2.24, 2.45) is 5.92 Å². The average Bonchev–Trinajstić information content (AvgIpc) is 2.34. The Balaban J connectivity index is -0.000000439. The molecule has 3 nitrogen and oxygen atoms in total. The van der Waals surface area contributed by atoms with Crippen molar-refractivity contribution < 1.29 is 9.59 Å². The van der Waals surface area contributed by atoms with Crippen LogP contribution in [0.2, 0.25) is 0 Å². The molecule has 0 aliphatic carbocycles. The van der Waals surface area contributed by atoms with Crippen LogP contribution in [0.4, 0.5) is 0 Å². The minimum atomic E-state index is -0.163. The number of carbonyl (C=O) groups excluding carboxylic acids is 2. The molecule has 0 heterocycles. The lowest BCUT2D eigenvalue weighted by Crippen LogP contribution is -2.37. The van der Waals surface area contributed by atoms with Gasteiger partial charge in [0.05, 0.1) is 6.04 Å². The third kappa shape index (κ3) is 13.2. The van der Waals surface area contributed by atoms with E-state index in [2.05, 4.69) is 5.32 Å². The number of carbonyl (C=O) groups is 2. The number of Topliss-reactive ketones (excluding diaryl/α,β-unsaturated/α-hetero) is 2. The lowest BCUT2D eigenvalue weighted by Gasteiger charge is -2.16. The molecule has 0 aromatic heterocycles. The van der Waals surface area contributed by atoms with E-state index in [1.54, 1.807) is 14.0 Å². The third-order valence-electron chi connectivity index (χ3n) is 2.05. The summed E-state index contributed by atoms with van der Waals surface area (Å²) in [6.07, 6.45) is 1.09. The van der Waals surface area contributed by atoms with Gasteiger partial charge in [-0.25, -0.2) is 0 Å². The summed E-state index contributed by atoms with van der Waals surface area (Å²) in [5.41, 5.74) is 0. The molecule has 104 valence electrons. The second-order valence-corrected chi connectivity index (χ2v) is 3.64. The van der Waals surface area contributed by atoms with Gasteiger partial charge >= 0.3 is 0 Å². The standard InChI is InChI=1S/C10H19NO2.2C2H6/c1-7(2)10(13)9(11-4)6-5-8(3)12;2*1-2/h7,9,11H,5-6H2,1-4H3;2*1-2H3. The molecule has 0 spiro atoms. The van der Waals surface area contributed by atoms with Crippen LogP contribution in [-0.4, -0.2) is 24.7 Å². The lowest BCUT2D eigenvalue weighted by molar-refractivity contribution is -0.124. The molecule has 0 aromatic carbocycles. The van der Waals surface area contributed by atoms with Crippen molar-refractivity contribution in [1.29, 1.82) is 0 Å². The van der Waals surface area contributed by atoms with E-state index in [4.69, 9.17) is 0 Å². The zero-order valence-corrected chi connectivity index (χ0v) is 12.9. The molecular weight excluding hydrogens is 214 g/mol. The molecule has 0 radical (unpaired) electrons. The third-order valence-corrected chi connectivity index (χ3v) is 2.05. The SMILES string of the molecule is CC.CC.CNC(CCC(C)=O)C(=O)C(C)C. The first-order chi connectivity index (χ1) is 7.99. The molecule has 17 heavy (non-hydrogen) atoms. The van der Waals surface area contributed by atoms with Gasteiger partial charge in [-0.2, -0.15) is 0 Å². The molecule has 1 N–H and O–H groups in total. The van der Waals surface area contributed by atoms with Gasteiger partial charge in [0, 0.05) is 12.3 Å². The molecule has 0 bridgehead atoms. The summed E-state index contributed by atoms with van der Waals surface area (Å²) in [6.45, 7) is 13.3. The predicted molar refractivity (Wildman–Crippen MR) is 75.3 cm³/mol. The van der Waals surface area contributed by atoms with Crippen molar-refractivity contribution in [2.75, 3.05) is 7.05 Å². The number of nitrogens with one attached hydrogen (secondary N) is 1. The number of rotatable bonds is 6. The highest BCUT2D eigenvalue weighted by Crippen LogP contribution is 2.05. The Morgan fingerprint density at radius 3 is 1.71 bits per heavy atom. The van der Waals surface area contributed by atoms with Crippen LogP contribution in [0.1, 0.15) is 61.3 Å². The summed E-state index contributed by atoms with van der Waals surface area (Å²) in [4.78, 5) is 22.2. The summed E-state index contributed by atoms with van der Waals surface area (Å²) < 4.78 is 0. The smallest absolute Gasteiger partial charge is 0.152 e. The summed E-state index contributed by atoms with van der Waals surface area (Å²) >= 11 is 0. The van der Waals surface area contributed by atoms with Gasteiger partial charge in [-0.05, 0) is 20.4 Å².